The van der Waals surface area contributed by atoms with Crippen LogP contribution in [0.3, 0.4) is 0 Å². The molecule has 0 aromatic heterocycles. The molecule has 0 spiro atoms. The minimum atomic E-state index is 0.123. The van der Waals surface area contributed by atoms with Crippen molar-refractivity contribution in [2.24, 2.45) is 5.92 Å². The molecule has 2 N–H and O–H groups in total. The third kappa shape index (κ3) is 3.47. The van der Waals surface area contributed by atoms with Gasteiger partial charge in [-0.2, -0.15) is 0 Å². The van der Waals surface area contributed by atoms with Gasteiger partial charge < -0.3 is 10.4 Å². The van der Waals surface area contributed by atoms with E-state index in [1.807, 2.05) is 18.2 Å². The predicted molar refractivity (Wildman–Crippen MR) is 72.0 cm³/mol. The summed E-state index contributed by atoms with van der Waals surface area (Å²) in [7, 11) is 0. The molecule has 94 valence electrons. The molecule has 1 saturated carbocycles. The maximum Gasteiger partial charge on any atom is 0.0682 e. The van der Waals surface area contributed by atoms with Gasteiger partial charge in [0, 0.05) is 11.7 Å². The first kappa shape index (κ1) is 12.4. The van der Waals surface area contributed by atoms with Crippen molar-refractivity contribution in [2.75, 3.05) is 5.32 Å². The minimum absolute atomic E-state index is 0.123. The van der Waals surface area contributed by atoms with Crippen molar-refractivity contribution in [1.82, 2.24) is 0 Å². The second-order valence-electron chi connectivity index (χ2n) is 5.13. The fraction of sp³-hybridized carbons (Fsp3) is 0.600. The van der Waals surface area contributed by atoms with Crippen LogP contribution in [0.4, 0.5) is 5.69 Å². The van der Waals surface area contributed by atoms with Crippen molar-refractivity contribution in [3.05, 3.63) is 29.8 Å². The van der Waals surface area contributed by atoms with E-state index in [0.717, 1.165) is 17.2 Å². The van der Waals surface area contributed by atoms with Crippen molar-refractivity contribution >= 4 is 5.69 Å². The second-order valence-corrected chi connectivity index (χ2v) is 5.13. The highest BCUT2D eigenvalue weighted by Crippen LogP contribution is 2.28. The molecule has 17 heavy (non-hydrogen) atoms. The predicted octanol–water partition coefficient (Wildman–Crippen LogP) is 3.56. The third-order valence-corrected chi connectivity index (χ3v) is 3.90. The smallest absolute Gasteiger partial charge is 0.0682 e. The van der Waals surface area contributed by atoms with Crippen LogP contribution < -0.4 is 5.32 Å². The van der Waals surface area contributed by atoms with Gasteiger partial charge in [-0.05, 0) is 49.3 Å². The number of benzene rings is 1. The standard InChI is InChI=1S/C15H23NO/c1-2-12-6-8-14(9-7-12)16-15-5-3-4-13(10-15)11-17/h3-5,10,12,14,16-17H,2,6-9,11H2,1H3. The number of aliphatic hydroxyl groups excluding tert-OH is 1. The maximum absolute atomic E-state index is 9.11. The van der Waals surface area contributed by atoms with Crippen LogP contribution in [0.15, 0.2) is 24.3 Å². The van der Waals surface area contributed by atoms with Crippen LogP contribution >= 0.6 is 0 Å². The molecule has 1 aliphatic carbocycles. The molecule has 0 bridgehead atoms. The third-order valence-electron chi connectivity index (χ3n) is 3.90. The van der Waals surface area contributed by atoms with Crippen LogP contribution in [0.2, 0.25) is 0 Å². The molecule has 1 aromatic carbocycles. The van der Waals surface area contributed by atoms with Gasteiger partial charge in [0.15, 0.2) is 0 Å². The fourth-order valence-electron chi connectivity index (χ4n) is 2.71. The topological polar surface area (TPSA) is 32.3 Å². The van der Waals surface area contributed by atoms with Crippen LogP contribution in [-0.2, 0) is 6.61 Å². The van der Waals surface area contributed by atoms with Crippen molar-refractivity contribution in [1.29, 1.82) is 0 Å². The van der Waals surface area contributed by atoms with Crippen molar-refractivity contribution in [2.45, 2.75) is 51.7 Å². The zero-order valence-corrected chi connectivity index (χ0v) is 10.7. The summed E-state index contributed by atoms with van der Waals surface area (Å²) in [4.78, 5) is 0. The first-order chi connectivity index (χ1) is 8.31. The summed E-state index contributed by atoms with van der Waals surface area (Å²) < 4.78 is 0. The Labute approximate surface area is 104 Å². The van der Waals surface area contributed by atoms with Gasteiger partial charge in [-0.1, -0.05) is 25.5 Å². The molecule has 1 aliphatic rings. The summed E-state index contributed by atoms with van der Waals surface area (Å²) in [6, 6.07) is 8.72. The Kier molecular flexibility index (Phi) is 4.43. The van der Waals surface area contributed by atoms with Crippen LogP contribution in [0.5, 0.6) is 0 Å². The summed E-state index contributed by atoms with van der Waals surface area (Å²) >= 11 is 0. The number of nitrogens with one attached hydrogen (secondary N) is 1. The lowest BCUT2D eigenvalue weighted by Gasteiger charge is -2.29. The van der Waals surface area contributed by atoms with E-state index in [0.29, 0.717) is 6.04 Å². The monoisotopic (exact) mass is 233 g/mol. The summed E-state index contributed by atoms with van der Waals surface area (Å²) in [6.45, 7) is 2.42. The van der Waals surface area contributed by atoms with Crippen LogP contribution in [0.1, 0.15) is 44.6 Å². The summed E-state index contributed by atoms with van der Waals surface area (Å²) in [6.07, 6.45) is 6.60. The van der Waals surface area contributed by atoms with Gasteiger partial charge in [-0.25, -0.2) is 0 Å². The molecule has 0 amide bonds. The molecule has 0 saturated heterocycles. The normalized spacial score (nSPS) is 24.6. The average Bonchev–Trinajstić information content (AvgIpc) is 2.40. The zero-order valence-electron chi connectivity index (χ0n) is 10.7. The Morgan fingerprint density at radius 1 is 1.24 bits per heavy atom. The molecule has 2 nitrogen and oxygen atoms in total. The van der Waals surface area contributed by atoms with E-state index in [9.17, 15) is 0 Å². The van der Waals surface area contributed by atoms with Gasteiger partial charge in [0.05, 0.1) is 6.61 Å². The minimum Gasteiger partial charge on any atom is -0.392 e. The van der Waals surface area contributed by atoms with Gasteiger partial charge in [-0.15, -0.1) is 0 Å². The Hall–Kier alpha value is -1.02. The lowest BCUT2D eigenvalue weighted by Crippen LogP contribution is -2.25. The molecule has 2 heteroatoms. The largest absolute Gasteiger partial charge is 0.392 e. The summed E-state index contributed by atoms with van der Waals surface area (Å²) in [5.74, 6) is 0.942. The molecular weight excluding hydrogens is 210 g/mol. The molecule has 2 rings (SSSR count). The first-order valence-corrected chi connectivity index (χ1v) is 6.78. The lowest BCUT2D eigenvalue weighted by molar-refractivity contribution is 0.282. The van der Waals surface area contributed by atoms with E-state index in [-0.39, 0.29) is 6.61 Å². The molecule has 0 radical (unpaired) electrons. The van der Waals surface area contributed by atoms with Gasteiger partial charge in [0.25, 0.3) is 0 Å². The van der Waals surface area contributed by atoms with Gasteiger partial charge in [0.2, 0.25) is 0 Å². The fourth-order valence-corrected chi connectivity index (χ4v) is 2.71. The summed E-state index contributed by atoms with van der Waals surface area (Å²) in [5, 5.41) is 12.7. The highest BCUT2D eigenvalue weighted by atomic mass is 16.3. The number of rotatable bonds is 4. The van der Waals surface area contributed by atoms with Crippen molar-refractivity contribution in [3.63, 3.8) is 0 Å². The second kappa shape index (κ2) is 6.06. The average molecular weight is 233 g/mol. The van der Waals surface area contributed by atoms with E-state index in [1.165, 1.54) is 32.1 Å². The molecular formula is C15H23NO. The Morgan fingerprint density at radius 2 is 2.00 bits per heavy atom. The Balaban J connectivity index is 1.88. The van der Waals surface area contributed by atoms with Gasteiger partial charge in [-0.3, -0.25) is 0 Å². The molecule has 0 aliphatic heterocycles. The van der Waals surface area contributed by atoms with Crippen molar-refractivity contribution < 1.29 is 5.11 Å². The Morgan fingerprint density at radius 3 is 2.65 bits per heavy atom. The molecule has 1 fully saturated rings. The van der Waals surface area contributed by atoms with Crippen LogP contribution in [0, 0.1) is 5.92 Å². The first-order valence-electron chi connectivity index (χ1n) is 6.78. The SMILES string of the molecule is CCC1CCC(Nc2cccc(CO)c2)CC1. The lowest BCUT2D eigenvalue weighted by atomic mass is 9.84. The quantitative estimate of drug-likeness (QED) is 0.833. The Bertz CT molecular complexity index is 343. The van der Waals surface area contributed by atoms with E-state index in [2.05, 4.69) is 18.3 Å². The van der Waals surface area contributed by atoms with E-state index < -0.39 is 0 Å². The van der Waals surface area contributed by atoms with Crippen LogP contribution in [-0.4, -0.2) is 11.1 Å². The highest BCUT2D eigenvalue weighted by Gasteiger charge is 2.19. The van der Waals surface area contributed by atoms with E-state index in [4.69, 9.17) is 5.11 Å². The van der Waals surface area contributed by atoms with Gasteiger partial charge in [0.1, 0.15) is 0 Å². The van der Waals surface area contributed by atoms with Crippen molar-refractivity contribution in [3.8, 4) is 0 Å². The molecule has 1 aromatic rings. The maximum atomic E-state index is 9.11. The number of hydrogen-bond donors (Lipinski definition) is 2. The zero-order chi connectivity index (χ0) is 12.1. The van der Waals surface area contributed by atoms with Crippen LogP contribution in [0.25, 0.3) is 0 Å². The molecule has 0 heterocycles. The molecule has 0 unspecified atom stereocenters. The summed E-state index contributed by atoms with van der Waals surface area (Å²) in [5.41, 5.74) is 2.13. The number of aliphatic hydroxyl groups is 1. The number of hydrogen-bond acceptors (Lipinski definition) is 2. The molecule has 0 atom stereocenters. The van der Waals surface area contributed by atoms with Gasteiger partial charge >= 0.3 is 0 Å². The number of anilines is 1. The highest BCUT2D eigenvalue weighted by molar-refractivity contribution is 5.46. The van der Waals surface area contributed by atoms with E-state index >= 15 is 0 Å². The van der Waals surface area contributed by atoms with E-state index in [1.54, 1.807) is 0 Å².